The molecule has 0 atom stereocenters. The zero-order valence-corrected chi connectivity index (χ0v) is 19.1. The molecule has 0 bridgehead atoms. The highest BCUT2D eigenvalue weighted by molar-refractivity contribution is 7.81. The van der Waals surface area contributed by atoms with Crippen molar-refractivity contribution in [1.82, 2.24) is 0 Å². The van der Waals surface area contributed by atoms with Crippen LogP contribution in [0.4, 0.5) is 0 Å². The number of benzene rings is 2. The molecule has 2 nitrogen and oxygen atoms in total. The average molecular weight is 456 g/mol. The Morgan fingerprint density at radius 2 is 1.16 bits per heavy atom. The van der Waals surface area contributed by atoms with Gasteiger partial charge in [-0.05, 0) is 44.8 Å². The highest BCUT2D eigenvalue weighted by atomic mass is 32.1. The van der Waals surface area contributed by atoms with Gasteiger partial charge in [-0.2, -0.15) is 0 Å². The molecule has 0 spiro atoms. The summed E-state index contributed by atoms with van der Waals surface area (Å²) in [4.78, 5) is 1.67. The van der Waals surface area contributed by atoms with Crippen LogP contribution in [0.1, 0.15) is 12.8 Å². The summed E-state index contributed by atoms with van der Waals surface area (Å²) >= 11 is 12.3. The van der Waals surface area contributed by atoms with Crippen LogP contribution in [0.25, 0.3) is 20.2 Å². The monoisotopic (exact) mass is 456 g/mol. The molecule has 0 amide bonds. The lowest BCUT2D eigenvalue weighted by atomic mass is 9.54. The summed E-state index contributed by atoms with van der Waals surface area (Å²) in [7, 11) is 0. The van der Waals surface area contributed by atoms with Crippen LogP contribution in [-0.2, 0) is 0 Å². The second-order valence-corrected chi connectivity index (χ2v) is 9.99. The minimum Gasteiger partial charge on any atom is -0.443 e. The van der Waals surface area contributed by atoms with Gasteiger partial charge in [-0.15, -0.1) is 11.3 Å². The van der Waals surface area contributed by atoms with Crippen molar-refractivity contribution >= 4 is 90.4 Å². The maximum atomic E-state index is 10.9. The third-order valence-corrected chi connectivity index (χ3v) is 7.42. The maximum Gasteiger partial charge on any atom is 0.359 e. The smallest absolute Gasteiger partial charge is 0.359 e. The molecule has 1 aromatic heterocycles. The van der Waals surface area contributed by atoms with E-state index < -0.39 is 13.8 Å². The average Bonchev–Trinajstić information content (AvgIpc) is 3.15. The summed E-state index contributed by atoms with van der Waals surface area (Å²) in [5.41, 5.74) is 3.31. The third kappa shape index (κ3) is 4.04. The number of hydrogen-bond donors (Lipinski definition) is 2. The lowest BCUT2D eigenvalue weighted by Gasteiger charge is -2.13. The first-order valence-electron chi connectivity index (χ1n) is 10.1. The van der Waals surface area contributed by atoms with Crippen molar-refractivity contribution in [1.29, 1.82) is 0 Å². The molecule has 2 N–H and O–H groups in total. The quantitative estimate of drug-likeness (QED) is 0.460. The first-order chi connectivity index (χ1) is 15.0. The van der Waals surface area contributed by atoms with Gasteiger partial charge in [-0.1, -0.05) is 85.2 Å². The number of thiophene rings is 1. The Hall–Kier alpha value is -2.15. The SMILES string of the molecule is OB(C1=CC(=S)CC=C1)c1ccc2sc3ccc(B(O)C4=CC(=S)CC=C4)cc3c2c1. The van der Waals surface area contributed by atoms with Gasteiger partial charge in [0.2, 0.25) is 0 Å². The molecule has 0 radical (unpaired) electrons. The molecular weight excluding hydrogens is 438 g/mol. The van der Waals surface area contributed by atoms with Gasteiger partial charge in [0.15, 0.2) is 0 Å². The van der Waals surface area contributed by atoms with E-state index in [0.29, 0.717) is 0 Å². The zero-order valence-electron chi connectivity index (χ0n) is 16.6. The van der Waals surface area contributed by atoms with Crippen LogP contribution < -0.4 is 10.9 Å². The highest BCUT2D eigenvalue weighted by Gasteiger charge is 2.23. The Labute approximate surface area is 196 Å². The fraction of sp³-hybridized carbons (Fsp3) is 0.0833. The molecule has 0 aliphatic heterocycles. The van der Waals surface area contributed by atoms with E-state index in [1.54, 1.807) is 11.3 Å². The van der Waals surface area contributed by atoms with Crippen LogP contribution in [0.3, 0.4) is 0 Å². The predicted molar refractivity (Wildman–Crippen MR) is 143 cm³/mol. The van der Waals surface area contributed by atoms with Gasteiger partial charge in [-0.25, -0.2) is 0 Å². The predicted octanol–water partition coefficient (Wildman–Crippen LogP) is 4.03. The number of thiocarbonyl (C=S) groups is 2. The summed E-state index contributed by atoms with van der Waals surface area (Å²) in [6.45, 7) is -1.44. The highest BCUT2D eigenvalue weighted by Crippen LogP contribution is 2.33. The van der Waals surface area contributed by atoms with E-state index in [0.717, 1.165) is 64.6 Å². The van der Waals surface area contributed by atoms with Gasteiger partial charge < -0.3 is 10.0 Å². The van der Waals surface area contributed by atoms with E-state index in [1.807, 2.05) is 48.6 Å². The molecule has 31 heavy (non-hydrogen) atoms. The summed E-state index contributed by atoms with van der Waals surface area (Å²) < 4.78 is 2.30. The van der Waals surface area contributed by atoms with E-state index in [-0.39, 0.29) is 0 Å². The molecule has 1 heterocycles. The maximum absolute atomic E-state index is 10.9. The minimum atomic E-state index is -0.721. The van der Waals surface area contributed by atoms with Crippen LogP contribution in [0, 0.1) is 0 Å². The van der Waals surface area contributed by atoms with Crippen LogP contribution in [0.15, 0.2) is 83.8 Å². The standard InChI is InChI=1S/C24H18B2O2S3/c27-25(15-3-1-5-19(29)11-15)17-7-9-23-21(13-17)22-14-18(8-10-24(22)31-23)26(28)16-4-2-6-20(30)12-16/h1-4,7-14,27-28H,5-6H2. The minimum absolute atomic E-state index is 0.721. The molecule has 3 aromatic rings. The van der Waals surface area contributed by atoms with Gasteiger partial charge in [0.25, 0.3) is 0 Å². The van der Waals surface area contributed by atoms with E-state index in [9.17, 15) is 10.0 Å². The van der Waals surface area contributed by atoms with Gasteiger partial charge >= 0.3 is 13.8 Å². The molecule has 7 heteroatoms. The van der Waals surface area contributed by atoms with Crippen LogP contribution in [-0.4, -0.2) is 33.6 Å². The molecule has 5 rings (SSSR count). The van der Waals surface area contributed by atoms with Crippen LogP contribution in [0.5, 0.6) is 0 Å². The lowest BCUT2D eigenvalue weighted by molar-refractivity contribution is 0.595. The number of fused-ring (bicyclic) bond motifs is 3. The second kappa shape index (κ2) is 8.41. The Morgan fingerprint density at radius 3 is 1.58 bits per heavy atom. The Bertz CT molecular complexity index is 1260. The van der Waals surface area contributed by atoms with E-state index >= 15 is 0 Å². The summed E-state index contributed by atoms with van der Waals surface area (Å²) in [6.07, 6.45) is 13.2. The van der Waals surface area contributed by atoms with Crippen molar-refractivity contribution in [2.24, 2.45) is 0 Å². The number of rotatable bonds is 4. The molecule has 0 saturated carbocycles. The fourth-order valence-corrected chi connectivity index (χ4v) is 5.62. The second-order valence-electron chi connectivity index (χ2n) is 7.85. The topological polar surface area (TPSA) is 40.5 Å². The molecule has 0 unspecified atom stereocenters. The van der Waals surface area contributed by atoms with Crippen LogP contribution >= 0.6 is 35.8 Å². The van der Waals surface area contributed by atoms with Crippen molar-refractivity contribution in [3.05, 3.63) is 83.8 Å². The number of allylic oxidation sites excluding steroid dienone is 8. The van der Waals surface area contributed by atoms with Gasteiger partial charge in [0, 0.05) is 32.0 Å². The van der Waals surface area contributed by atoms with E-state index in [4.69, 9.17) is 24.4 Å². The summed E-state index contributed by atoms with van der Waals surface area (Å²) in [5, 5.41) is 24.0. The van der Waals surface area contributed by atoms with Crippen molar-refractivity contribution < 1.29 is 10.0 Å². The molecule has 0 fully saturated rings. The largest absolute Gasteiger partial charge is 0.443 e. The summed E-state index contributed by atoms with van der Waals surface area (Å²) in [5.74, 6) is 0. The molecule has 2 aromatic carbocycles. The van der Waals surface area contributed by atoms with E-state index in [2.05, 4.69) is 24.3 Å². The van der Waals surface area contributed by atoms with Gasteiger partial charge in [0.05, 0.1) is 0 Å². The molecule has 150 valence electrons. The summed E-state index contributed by atoms with van der Waals surface area (Å²) in [6, 6.07) is 12.2. The van der Waals surface area contributed by atoms with Crippen molar-refractivity contribution in [2.45, 2.75) is 12.8 Å². The van der Waals surface area contributed by atoms with Gasteiger partial charge in [0.1, 0.15) is 0 Å². The normalized spacial score (nSPS) is 16.1. The first kappa shape index (κ1) is 20.7. The molecule has 2 aliphatic rings. The number of hydrogen-bond acceptors (Lipinski definition) is 5. The zero-order chi connectivity index (χ0) is 21.5. The van der Waals surface area contributed by atoms with Crippen molar-refractivity contribution in [3.63, 3.8) is 0 Å². The van der Waals surface area contributed by atoms with Crippen molar-refractivity contribution in [2.75, 3.05) is 0 Å². The molecule has 2 aliphatic carbocycles. The lowest BCUT2D eigenvalue weighted by Crippen LogP contribution is -2.33. The van der Waals surface area contributed by atoms with Crippen molar-refractivity contribution in [3.8, 4) is 0 Å². The molecular formula is C24H18B2O2S3. The Morgan fingerprint density at radius 1 is 0.710 bits per heavy atom. The molecule has 0 saturated heterocycles. The van der Waals surface area contributed by atoms with Gasteiger partial charge in [-0.3, -0.25) is 0 Å². The van der Waals surface area contributed by atoms with Crippen LogP contribution in [0.2, 0.25) is 0 Å². The van der Waals surface area contributed by atoms with E-state index in [1.165, 1.54) is 0 Å². The first-order valence-corrected chi connectivity index (χ1v) is 11.8. The third-order valence-electron chi connectivity index (χ3n) is 5.69. The Kier molecular flexibility index (Phi) is 5.63. The fourth-order valence-electron chi connectivity index (χ4n) is 4.09. The Balaban J connectivity index is 1.56.